The first-order valence-electron chi connectivity index (χ1n) is 6.98. The van der Waals surface area contributed by atoms with Crippen LogP contribution < -0.4 is 14.8 Å². The van der Waals surface area contributed by atoms with E-state index in [4.69, 9.17) is 14.2 Å². The van der Waals surface area contributed by atoms with Crippen molar-refractivity contribution in [1.29, 1.82) is 0 Å². The van der Waals surface area contributed by atoms with Crippen LogP contribution in [0.4, 0.5) is 10.1 Å². The van der Waals surface area contributed by atoms with Gasteiger partial charge in [0.15, 0.2) is 6.61 Å². The lowest BCUT2D eigenvalue weighted by atomic mass is 10.2. The first-order chi connectivity index (χ1) is 11.5. The van der Waals surface area contributed by atoms with Gasteiger partial charge in [0.25, 0.3) is 5.91 Å². The average molecular weight is 333 g/mol. The predicted octanol–water partition coefficient (Wildman–Crippen LogP) is 2.64. The van der Waals surface area contributed by atoms with Crippen LogP contribution in [-0.4, -0.2) is 32.7 Å². The molecule has 6 nitrogen and oxygen atoms in total. The lowest BCUT2D eigenvalue weighted by Gasteiger charge is -2.12. The Labute approximate surface area is 138 Å². The standard InChI is InChI=1S/C17H16FNO5/c1-22-13-7-4-8-14(23-2)16(13)17(21)24-10-15(20)19-12-6-3-5-11(18)9-12/h3-9H,10H2,1-2H3,(H,19,20). The van der Waals surface area contributed by atoms with Gasteiger partial charge in [-0.25, -0.2) is 9.18 Å². The van der Waals surface area contributed by atoms with E-state index in [0.29, 0.717) is 0 Å². The van der Waals surface area contributed by atoms with Crippen LogP contribution in [0.25, 0.3) is 0 Å². The summed E-state index contributed by atoms with van der Waals surface area (Å²) in [6.07, 6.45) is 0. The third-order valence-electron chi connectivity index (χ3n) is 3.07. The van der Waals surface area contributed by atoms with E-state index in [1.807, 2.05) is 0 Å². The van der Waals surface area contributed by atoms with Gasteiger partial charge in [-0.15, -0.1) is 0 Å². The van der Waals surface area contributed by atoms with Crippen molar-refractivity contribution >= 4 is 17.6 Å². The van der Waals surface area contributed by atoms with E-state index in [-0.39, 0.29) is 22.7 Å². The molecule has 0 aliphatic heterocycles. The van der Waals surface area contributed by atoms with Crippen molar-refractivity contribution in [3.8, 4) is 11.5 Å². The fraction of sp³-hybridized carbons (Fsp3) is 0.176. The molecule has 0 bridgehead atoms. The van der Waals surface area contributed by atoms with Crippen molar-refractivity contribution in [3.05, 3.63) is 53.8 Å². The summed E-state index contributed by atoms with van der Waals surface area (Å²) in [6, 6.07) is 10.2. The summed E-state index contributed by atoms with van der Waals surface area (Å²) in [5, 5.41) is 2.43. The Hall–Kier alpha value is -3.09. The number of esters is 1. The first-order valence-corrected chi connectivity index (χ1v) is 6.98. The van der Waals surface area contributed by atoms with Crippen LogP contribution in [0.2, 0.25) is 0 Å². The molecule has 2 rings (SSSR count). The Morgan fingerprint density at radius 1 is 1.04 bits per heavy atom. The highest BCUT2D eigenvalue weighted by molar-refractivity contribution is 5.98. The summed E-state index contributed by atoms with van der Waals surface area (Å²) in [4.78, 5) is 24.0. The molecule has 0 aromatic heterocycles. The van der Waals surface area contributed by atoms with Crippen molar-refractivity contribution in [2.75, 3.05) is 26.1 Å². The SMILES string of the molecule is COc1cccc(OC)c1C(=O)OCC(=O)Nc1cccc(F)c1. The molecule has 2 aromatic rings. The van der Waals surface area contributed by atoms with Gasteiger partial charge in [0.2, 0.25) is 0 Å². The largest absolute Gasteiger partial charge is 0.496 e. The van der Waals surface area contributed by atoms with Gasteiger partial charge in [0, 0.05) is 5.69 Å². The van der Waals surface area contributed by atoms with E-state index in [1.165, 1.54) is 32.4 Å². The molecule has 7 heteroatoms. The Morgan fingerprint density at radius 3 is 2.25 bits per heavy atom. The summed E-state index contributed by atoms with van der Waals surface area (Å²) >= 11 is 0. The van der Waals surface area contributed by atoms with Gasteiger partial charge in [-0.1, -0.05) is 12.1 Å². The summed E-state index contributed by atoms with van der Waals surface area (Å²) in [5.41, 5.74) is 0.354. The molecule has 126 valence electrons. The summed E-state index contributed by atoms with van der Waals surface area (Å²) in [5.74, 6) is -1.31. The number of halogens is 1. The highest BCUT2D eigenvalue weighted by atomic mass is 19.1. The van der Waals surface area contributed by atoms with E-state index in [1.54, 1.807) is 18.2 Å². The Balaban J connectivity index is 2.02. The fourth-order valence-electron chi connectivity index (χ4n) is 2.02. The second-order valence-corrected chi connectivity index (χ2v) is 4.67. The maximum absolute atomic E-state index is 13.1. The Morgan fingerprint density at radius 2 is 1.67 bits per heavy atom. The number of rotatable bonds is 6. The van der Waals surface area contributed by atoms with E-state index >= 15 is 0 Å². The topological polar surface area (TPSA) is 73.9 Å². The molecule has 0 atom stereocenters. The lowest BCUT2D eigenvalue weighted by Crippen LogP contribution is -2.21. The zero-order valence-electron chi connectivity index (χ0n) is 13.2. The normalized spacial score (nSPS) is 9.96. The van der Waals surface area contributed by atoms with Crippen LogP contribution in [-0.2, 0) is 9.53 Å². The van der Waals surface area contributed by atoms with Crippen LogP contribution >= 0.6 is 0 Å². The van der Waals surface area contributed by atoms with Gasteiger partial charge in [0.1, 0.15) is 22.9 Å². The molecule has 0 heterocycles. The molecule has 0 fully saturated rings. The Bertz CT molecular complexity index is 725. The van der Waals surface area contributed by atoms with Crippen LogP contribution in [0, 0.1) is 5.82 Å². The summed E-state index contributed by atoms with van der Waals surface area (Å²) < 4.78 is 28.2. The number of carbonyl (C=O) groups is 2. The highest BCUT2D eigenvalue weighted by Crippen LogP contribution is 2.28. The lowest BCUT2D eigenvalue weighted by molar-refractivity contribution is -0.119. The molecule has 1 amide bonds. The van der Waals surface area contributed by atoms with Gasteiger partial charge in [0.05, 0.1) is 14.2 Å². The number of methoxy groups -OCH3 is 2. The van der Waals surface area contributed by atoms with Gasteiger partial charge in [-0.05, 0) is 30.3 Å². The average Bonchev–Trinajstić information content (AvgIpc) is 2.58. The third kappa shape index (κ3) is 4.22. The highest BCUT2D eigenvalue weighted by Gasteiger charge is 2.20. The van der Waals surface area contributed by atoms with E-state index in [9.17, 15) is 14.0 Å². The number of anilines is 1. The first kappa shape index (κ1) is 17.3. The minimum Gasteiger partial charge on any atom is -0.496 e. The number of ether oxygens (including phenoxy) is 3. The summed E-state index contributed by atoms with van der Waals surface area (Å²) in [6.45, 7) is -0.531. The quantitative estimate of drug-likeness (QED) is 0.823. The van der Waals surface area contributed by atoms with Crippen LogP contribution in [0.5, 0.6) is 11.5 Å². The molecule has 0 unspecified atom stereocenters. The number of carbonyl (C=O) groups excluding carboxylic acids is 2. The van der Waals surface area contributed by atoms with Crippen LogP contribution in [0.3, 0.4) is 0 Å². The van der Waals surface area contributed by atoms with Crippen molar-refractivity contribution in [2.45, 2.75) is 0 Å². The molecule has 0 spiro atoms. The molecule has 0 aliphatic carbocycles. The maximum atomic E-state index is 13.1. The van der Waals surface area contributed by atoms with Gasteiger partial charge >= 0.3 is 5.97 Å². The fourth-order valence-corrected chi connectivity index (χ4v) is 2.02. The molecule has 0 radical (unpaired) electrons. The molecular formula is C17H16FNO5. The molecule has 0 aliphatic rings. The zero-order valence-corrected chi connectivity index (χ0v) is 13.2. The molecular weight excluding hydrogens is 317 g/mol. The van der Waals surface area contributed by atoms with Crippen molar-refractivity contribution in [1.82, 2.24) is 0 Å². The van der Waals surface area contributed by atoms with Crippen LogP contribution in [0.1, 0.15) is 10.4 Å². The number of nitrogens with one attached hydrogen (secondary N) is 1. The second-order valence-electron chi connectivity index (χ2n) is 4.67. The smallest absolute Gasteiger partial charge is 0.346 e. The Kier molecular flexibility index (Phi) is 5.73. The number of hydrogen-bond donors (Lipinski definition) is 1. The number of amides is 1. The van der Waals surface area contributed by atoms with E-state index in [0.717, 1.165) is 6.07 Å². The molecule has 2 aromatic carbocycles. The van der Waals surface area contributed by atoms with Gasteiger partial charge in [-0.2, -0.15) is 0 Å². The third-order valence-corrected chi connectivity index (χ3v) is 3.07. The zero-order chi connectivity index (χ0) is 17.5. The molecule has 0 saturated carbocycles. The number of benzene rings is 2. The minimum absolute atomic E-state index is 0.0843. The van der Waals surface area contributed by atoms with Crippen molar-refractivity contribution in [2.24, 2.45) is 0 Å². The molecule has 0 saturated heterocycles. The monoisotopic (exact) mass is 333 g/mol. The van der Waals surface area contributed by atoms with Crippen LogP contribution in [0.15, 0.2) is 42.5 Å². The molecule has 1 N–H and O–H groups in total. The van der Waals surface area contributed by atoms with Crippen molar-refractivity contribution in [3.63, 3.8) is 0 Å². The number of hydrogen-bond acceptors (Lipinski definition) is 5. The van der Waals surface area contributed by atoms with Gasteiger partial charge in [-0.3, -0.25) is 4.79 Å². The van der Waals surface area contributed by atoms with E-state index in [2.05, 4.69) is 5.32 Å². The molecule has 24 heavy (non-hydrogen) atoms. The van der Waals surface area contributed by atoms with E-state index < -0.39 is 24.3 Å². The maximum Gasteiger partial charge on any atom is 0.346 e. The minimum atomic E-state index is -0.765. The second kappa shape index (κ2) is 7.96. The predicted molar refractivity (Wildman–Crippen MR) is 84.9 cm³/mol. The van der Waals surface area contributed by atoms with Gasteiger partial charge < -0.3 is 19.5 Å². The van der Waals surface area contributed by atoms with Crippen molar-refractivity contribution < 1.29 is 28.2 Å². The summed E-state index contributed by atoms with van der Waals surface area (Å²) in [7, 11) is 2.81.